The maximum atomic E-state index is 13.2. The fourth-order valence-corrected chi connectivity index (χ4v) is 2.90. The van der Waals surface area contributed by atoms with Crippen molar-refractivity contribution in [3.05, 3.63) is 88.0 Å². The van der Waals surface area contributed by atoms with Gasteiger partial charge in [0.2, 0.25) is 0 Å². The highest BCUT2D eigenvalue weighted by atomic mass is 35.5. The Morgan fingerprint density at radius 1 is 0.893 bits per heavy atom. The number of hydrogen-bond acceptors (Lipinski definition) is 3. The Labute approximate surface area is 166 Å². The Bertz CT molecular complexity index is 1050. The average molecular weight is 398 g/mol. The number of halogens is 2. The Morgan fingerprint density at radius 3 is 2.25 bits per heavy atom. The lowest BCUT2D eigenvalue weighted by Gasteiger charge is -2.09. The third-order valence-electron chi connectivity index (χ3n) is 3.91. The summed E-state index contributed by atoms with van der Waals surface area (Å²) in [7, 11) is 0. The molecule has 0 atom stereocenters. The minimum atomic E-state index is -0.575. The lowest BCUT2D eigenvalue weighted by molar-refractivity contribution is 0.102. The van der Waals surface area contributed by atoms with Gasteiger partial charge in [0, 0.05) is 23.1 Å². The summed E-state index contributed by atoms with van der Waals surface area (Å²) >= 11 is 5.72. The molecule has 0 aliphatic heterocycles. The number of aryl methyl sites for hydroxylation is 2. The average Bonchev–Trinajstić information content (AvgIpc) is 2.64. The number of anilines is 2. The first-order valence-electron chi connectivity index (χ1n) is 8.44. The largest absolute Gasteiger partial charge is 0.322 e. The molecule has 3 rings (SSSR count). The first-order chi connectivity index (χ1) is 13.3. The topological polar surface area (TPSA) is 71.1 Å². The third-order valence-corrected chi connectivity index (χ3v) is 4.20. The van der Waals surface area contributed by atoms with Crippen molar-refractivity contribution in [2.75, 3.05) is 10.6 Å². The summed E-state index contributed by atoms with van der Waals surface area (Å²) in [5.41, 5.74) is 3.38. The number of pyridine rings is 1. The van der Waals surface area contributed by atoms with Gasteiger partial charge in [-0.1, -0.05) is 17.7 Å². The number of benzene rings is 2. The lowest BCUT2D eigenvalue weighted by Crippen LogP contribution is -2.17. The zero-order chi connectivity index (χ0) is 20.3. The molecule has 1 aromatic heterocycles. The molecule has 3 aromatic rings. The number of rotatable bonds is 4. The van der Waals surface area contributed by atoms with Gasteiger partial charge in [0.1, 0.15) is 11.5 Å². The summed E-state index contributed by atoms with van der Waals surface area (Å²) < 4.78 is 13.2. The van der Waals surface area contributed by atoms with Gasteiger partial charge in [-0.05, 0) is 67.4 Å². The highest BCUT2D eigenvalue weighted by Gasteiger charge is 2.13. The monoisotopic (exact) mass is 397 g/mol. The van der Waals surface area contributed by atoms with Crippen molar-refractivity contribution in [3.8, 4) is 0 Å². The van der Waals surface area contributed by atoms with Gasteiger partial charge in [-0.2, -0.15) is 0 Å². The molecule has 5 nitrogen and oxygen atoms in total. The summed E-state index contributed by atoms with van der Waals surface area (Å²) in [6, 6.07) is 12.4. The minimum absolute atomic E-state index is 0.0963. The molecule has 0 bridgehead atoms. The number of hydrogen-bond donors (Lipinski definition) is 2. The molecule has 0 spiro atoms. The molecule has 142 valence electrons. The van der Waals surface area contributed by atoms with E-state index < -0.39 is 17.6 Å². The Balaban J connectivity index is 1.76. The van der Waals surface area contributed by atoms with Crippen LogP contribution in [0.15, 0.2) is 54.7 Å². The van der Waals surface area contributed by atoms with Crippen molar-refractivity contribution in [1.82, 2.24) is 4.98 Å². The highest BCUT2D eigenvalue weighted by Crippen LogP contribution is 2.20. The van der Waals surface area contributed by atoms with E-state index in [0.29, 0.717) is 11.4 Å². The predicted octanol–water partition coefficient (Wildman–Crippen LogP) is 5.00. The van der Waals surface area contributed by atoms with E-state index >= 15 is 0 Å². The number of aromatic nitrogens is 1. The van der Waals surface area contributed by atoms with Crippen LogP contribution in [0.1, 0.15) is 32.0 Å². The van der Waals surface area contributed by atoms with Crippen LogP contribution in [-0.4, -0.2) is 16.8 Å². The molecule has 0 fully saturated rings. The maximum absolute atomic E-state index is 13.2. The van der Waals surface area contributed by atoms with Crippen LogP contribution in [0, 0.1) is 19.7 Å². The second-order valence-corrected chi connectivity index (χ2v) is 6.75. The van der Waals surface area contributed by atoms with Gasteiger partial charge >= 0.3 is 0 Å². The van der Waals surface area contributed by atoms with Gasteiger partial charge in [0.15, 0.2) is 0 Å². The van der Waals surface area contributed by atoms with Crippen LogP contribution in [0.2, 0.25) is 5.02 Å². The standard InChI is InChI=1S/C21H17ClFN3O2/c1-12-7-13(2)9-16(8-12)26-21(28)19-10-14(5-6-24-19)20(27)25-15-3-4-18(23)17(22)11-15/h3-11H,1-2H3,(H,25,27)(H,26,28). The van der Waals surface area contributed by atoms with Crippen LogP contribution in [0.4, 0.5) is 15.8 Å². The Morgan fingerprint density at radius 2 is 1.57 bits per heavy atom. The van der Waals surface area contributed by atoms with Crippen LogP contribution in [0.3, 0.4) is 0 Å². The van der Waals surface area contributed by atoms with Gasteiger partial charge in [0.05, 0.1) is 5.02 Å². The van der Waals surface area contributed by atoms with E-state index in [1.807, 2.05) is 32.0 Å². The van der Waals surface area contributed by atoms with E-state index in [0.717, 1.165) is 17.2 Å². The SMILES string of the molecule is Cc1cc(C)cc(NC(=O)c2cc(C(=O)Nc3ccc(F)c(Cl)c3)ccn2)c1. The molecule has 2 aromatic carbocycles. The molecule has 0 radical (unpaired) electrons. The number of carbonyl (C=O) groups is 2. The zero-order valence-electron chi connectivity index (χ0n) is 15.2. The molecule has 0 aliphatic rings. The van der Waals surface area contributed by atoms with Crippen LogP contribution >= 0.6 is 11.6 Å². The van der Waals surface area contributed by atoms with Gasteiger partial charge < -0.3 is 10.6 Å². The summed E-state index contributed by atoms with van der Waals surface area (Å²) in [5.74, 6) is -1.47. The van der Waals surface area contributed by atoms with E-state index in [1.165, 1.54) is 30.5 Å². The zero-order valence-corrected chi connectivity index (χ0v) is 16.0. The molecule has 1 heterocycles. The van der Waals surface area contributed by atoms with Crippen molar-refractivity contribution in [1.29, 1.82) is 0 Å². The molecule has 2 N–H and O–H groups in total. The summed E-state index contributed by atoms with van der Waals surface area (Å²) in [6.07, 6.45) is 1.38. The van der Waals surface area contributed by atoms with Gasteiger partial charge in [0.25, 0.3) is 11.8 Å². The summed E-state index contributed by atoms with van der Waals surface area (Å²) in [4.78, 5) is 28.9. The van der Waals surface area contributed by atoms with Crippen LogP contribution < -0.4 is 10.6 Å². The third kappa shape index (κ3) is 4.72. The molecular formula is C21H17ClFN3O2. The Kier molecular flexibility index (Phi) is 5.70. The summed E-state index contributed by atoms with van der Waals surface area (Å²) in [6.45, 7) is 3.88. The molecule has 28 heavy (non-hydrogen) atoms. The van der Waals surface area contributed by atoms with Crippen LogP contribution in [0.5, 0.6) is 0 Å². The number of nitrogens with one attached hydrogen (secondary N) is 2. The fraction of sp³-hybridized carbons (Fsp3) is 0.0952. The molecule has 0 saturated carbocycles. The summed E-state index contributed by atoms with van der Waals surface area (Å²) in [5, 5.41) is 5.29. The quantitative estimate of drug-likeness (QED) is 0.651. The second kappa shape index (κ2) is 8.19. The first-order valence-corrected chi connectivity index (χ1v) is 8.82. The number of nitrogens with zero attached hydrogens (tertiary/aromatic N) is 1. The van der Waals surface area contributed by atoms with E-state index in [-0.39, 0.29) is 16.3 Å². The van der Waals surface area contributed by atoms with Crippen molar-refractivity contribution in [2.24, 2.45) is 0 Å². The smallest absolute Gasteiger partial charge is 0.274 e. The second-order valence-electron chi connectivity index (χ2n) is 6.34. The van der Waals surface area contributed by atoms with E-state index in [1.54, 1.807) is 0 Å². The van der Waals surface area contributed by atoms with Crippen LogP contribution in [0.25, 0.3) is 0 Å². The highest BCUT2D eigenvalue weighted by molar-refractivity contribution is 6.31. The van der Waals surface area contributed by atoms with Crippen molar-refractivity contribution >= 4 is 34.8 Å². The normalized spacial score (nSPS) is 10.4. The lowest BCUT2D eigenvalue weighted by atomic mass is 10.1. The molecular weight excluding hydrogens is 381 g/mol. The molecule has 0 saturated heterocycles. The number of amides is 2. The molecule has 0 unspecified atom stereocenters. The van der Waals surface area contributed by atoms with Gasteiger partial charge in [-0.25, -0.2) is 4.39 Å². The maximum Gasteiger partial charge on any atom is 0.274 e. The predicted molar refractivity (Wildman–Crippen MR) is 107 cm³/mol. The molecule has 2 amide bonds. The first kappa shape index (κ1) is 19.5. The van der Waals surface area contributed by atoms with Crippen molar-refractivity contribution < 1.29 is 14.0 Å². The van der Waals surface area contributed by atoms with Crippen molar-refractivity contribution in [2.45, 2.75) is 13.8 Å². The number of carbonyl (C=O) groups excluding carboxylic acids is 2. The van der Waals surface area contributed by atoms with Gasteiger partial charge in [-0.15, -0.1) is 0 Å². The molecule has 7 heteroatoms. The minimum Gasteiger partial charge on any atom is -0.322 e. The Hall–Kier alpha value is -3.25. The van der Waals surface area contributed by atoms with E-state index in [4.69, 9.17) is 11.6 Å². The van der Waals surface area contributed by atoms with Gasteiger partial charge in [-0.3, -0.25) is 14.6 Å². The van der Waals surface area contributed by atoms with Crippen LogP contribution in [-0.2, 0) is 0 Å². The van der Waals surface area contributed by atoms with E-state index in [2.05, 4.69) is 15.6 Å². The fourth-order valence-electron chi connectivity index (χ4n) is 2.72. The van der Waals surface area contributed by atoms with E-state index in [9.17, 15) is 14.0 Å². The molecule has 0 aliphatic carbocycles. The van der Waals surface area contributed by atoms with Crippen molar-refractivity contribution in [3.63, 3.8) is 0 Å².